The van der Waals surface area contributed by atoms with Gasteiger partial charge >= 0.3 is 0 Å². The maximum Gasteiger partial charge on any atom is 0.145 e. The van der Waals surface area contributed by atoms with Gasteiger partial charge in [0.05, 0.1) is 0 Å². The van der Waals surface area contributed by atoms with Crippen LogP contribution in [0.5, 0.6) is 5.75 Å². The first kappa shape index (κ1) is 15.1. The van der Waals surface area contributed by atoms with Gasteiger partial charge in [-0.05, 0) is 47.0 Å². The highest BCUT2D eigenvalue weighted by molar-refractivity contribution is 7.10. The fraction of sp³-hybridized carbons (Fsp3) is 0.412. The molecule has 0 saturated heterocycles. The quantitative estimate of drug-likeness (QED) is 0.903. The van der Waals surface area contributed by atoms with Crippen molar-refractivity contribution in [3.63, 3.8) is 0 Å². The smallest absolute Gasteiger partial charge is 0.145 e. The van der Waals surface area contributed by atoms with Crippen molar-refractivity contribution >= 4 is 11.3 Å². The van der Waals surface area contributed by atoms with Gasteiger partial charge in [-0.2, -0.15) is 0 Å². The first-order valence-electron chi connectivity index (χ1n) is 6.93. The summed E-state index contributed by atoms with van der Waals surface area (Å²) >= 11 is 1.71. The Labute approximate surface area is 125 Å². The van der Waals surface area contributed by atoms with Crippen molar-refractivity contribution in [3.8, 4) is 5.75 Å². The number of hydrogen-bond acceptors (Lipinski definition) is 3. The van der Waals surface area contributed by atoms with Gasteiger partial charge in [-0.3, -0.25) is 0 Å². The summed E-state index contributed by atoms with van der Waals surface area (Å²) < 4.78 is 6.11. The summed E-state index contributed by atoms with van der Waals surface area (Å²) in [5, 5.41) is 2.09. The topological polar surface area (TPSA) is 35.2 Å². The molecule has 0 radical (unpaired) electrons. The predicted molar refractivity (Wildman–Crippen MR) is 86.6 cm³/mol. The molecular weight excluding hydrogens is 266 g/mol. The highest BCUT2D eigenvalue weighted by Gasteiger charge is 2.18. The summed E-state index contributed by atoms with van der Waals surface area (Å²) in [5.41, 5.74) is 8.53. The van der Waals surface area contributed by atoms with E-state index in [2.05, 4.69) is 51.3 Å². The Hall–Kier alpha value is -1.32. The first-order valence-corrected chi connectivity index (χ1v) is 7.81. The molecule has 2 aromatic rings. The van der Waals surface area contributed by atoms with E-state index in [9.17, 15) is 0 Å². The molecule has 0 aliphatic carbocycles. The van der Waals surface area contributed by atoms with E-state index in [0.29, 0.717) is 6.54 Å². The molecule has 1 aromatic carbocycles. The number of rotatable bonds is 4. The van der Waals surface area contributed by atoms with E-state index >= 15 is 0 Å². The lowest BCUT2D eigenvalue weighted by atomic mass is 9.87. The second-order valence-electron chi connectivity index (χ2n) is 6.09. The van der Waals surface area contributed by atoms with Gasteiger partial charge in [0, 0.05) is 11.4 Å². The zero-order chi connectivity index (χ0) is 14.8. The van der Waals surface area contributed by atoms with Crippen LogP contribution in [0.4, 0.5) is 0 Å². The van der Waals surface area contributed by atoms with Crippen LogP contribution in [0.15, 0.2) is 35.7 Å². The molecule has 0 spiro atoms. The Morgan fingerprint density at radius 1 is 1.25 bits per heavy atom. The van der Waals surface area contributed by atoms with E-state index in [1.165, 1.54) is 16.0 Å². The minimum atomic E-state index is -0.0646. The van der Waals surface area contributed by atoms with Crippen molar-refractivity contribution in [2.24, 2.45) is 5.73 Å². The molecule has 108 valence electrons. The van der Waals surface area contributed by atoms with Crippen molar-refractivity contribution in [1.29, 1.82) is 0 Å². The zero-order valence-corrected chi connectivity index (χ0v) is 13.5. The highest BCUT2D eigenvalue weighted by Crippen LogP contribution is 2.30. The molecule has 1 unspecified atom stereocenters. The molecule has 0 amide bonds. The molecule has 0 fully saturated rings. The molecule has 1 atom stereocenters. The van der Waals surface area contributed by atoms with Crippen LogP contribution >= 0.6 is 11.3 Å². The Balaban J connectivity index is 2.23. The van der Waals surface area contributed by atoms with Crippen LogP contribution in [-0.4, -0.2) is 6.54 Å². The Bertz CT molecular complexity index is 568. The van der Waals surface area contributed by atoms with Gasteiger partial charge in [0.1, 0.15) is 11.9 Å². The largest absolute Gasteiger partial charge is 0.484 e. The van der Waals surface area contributed by atoms with Gasteiger partial charge < -0.3 is 10.5 Å². The molecule has 1 aromatic heterocycles. The Morgan fingerprint density at radius 3 is 2.55 bits per heavy atom. The Morgan fingerprint density at radius 2 is 2.00 bits per heavy atom. The monoisotopic (exact) mass is 289 g/mol. The normalized spacial score (nSPS) is 13.2. The molecule has 1 heterocycles. The lowest BCUT2D eigenvalue weighted by Crippen LogP contribution is -2.18. The molecule has 0 saturated carbocycles. The van der Waals surface area contributed by atoms with E-state index in [-0.39, 0.29) is 11.5 Å². The number of hydrogen-bond donors (Lipinski definition) is 1. The zero-order valence-electron chi connectivity index (χ0n) is 12.6. The SMILES string of the molecule is Cc1ccsc1C(CN)Oc1cccc(C(C)(C)C)c1. The summed E-state index contributed by atoms with van der Waals surface area (Å²) in [7, 11) is 0. The third-order valence-electron chi connectivity index (χ3n) is 3.39. The summed E-state index contributed by atoms with van der Waals surface area (Å²) in [6.07, 6.45) is -0.0646. The molecule has 0 bridgehead atoms. The minimum absolute atomic E-state index is 0.0646. The van der Waals surface area contributed by atoms with Gasteiger partial charge in [0.25, 0.3) is 0 Å². The van der Waals surface area contributed by atoms with Gasteiger partial charge in [0.2, 0.25) is 0 Å². The molecule has 2 N–H and O–H groups in total. The maximum absolute atomic E-state index is 6.11. The van der Waals surface area contributed by atoms with Gasteiger partial charge in [-0.25, -0.2) is 0 Å². The van der Waals surface area contributed by atoms with Crippen molar-refractivity contribution < 1.29 is 4.74 Å². The molecule has 2 nitrogen and oxygen atoms in total. The Kier molecular flexibility index (Phi) is 4.51. The third-order valence-corrected chi connectivity index (χ3v) is 4.50. The van der Waals surface area contributed by atoms with E-state index in [0.717, 1.165) is 5.75 Å². The van der Waals surface area contributed by atoms with Crippen LogP contribution in [0.3, 0.4) is 0 Å². The van der Waals surface area contributed by atoms with Gasteiger partial charge in [-0.1, -0.05) is 32.9 Å². The number of ether oxygens (including phenoxy) is 1. The lowest BCUT2D eigenvalue weighted by Gasteiger charge is -2.22. The van der Waals surface area contributed by atoms with E-state index in [4.69, 9.17) is 10.5 Å². The van der Waals surface area contributed by atoms with Crippen LogP contribution < -0.4 is 10.5 Å². The van der Waals surface area contributed by atoms with Crippen LogP contribution in [0, 0.1) is 6.92 Å². The average molecular weight is 289 g/mol. The molecular formula is C17H23NOS. The van der Waals surface area contributed by atoms with Crippen LogP contribution in [-0.2, 0) is 5.41 Å². The summed E-state index contributed by atoms with van der Waals surface area (Å²) in [5.74, 6) is 0.890. The second kappa shape index (κ2) is 5.98. The molecule has 2 rings (SSSR count). The second-order valence-corrected chi connectivity index (χ2v) is 7.04. The molecule has 0 aliphatic rings. The van der Waals surface area contributed by atoms with Gasteiger partial charge in [0.15, 0.2) is 0 Å². The molecule has 20 heavy (non-hydrogen) atoms. The number of thiophene rings is 1. The maximum atomic E-state index is 6.11. The van der Waals surface area contributed by atoms with E-state index in [1.807, 2.05) is 12.1 Å². The third kappa shape index (κ3) is 3.41. The summed E-state index contributed by atoms with van der Waals surface area (Å²) in [6, 6.07) is 10.4. The average Bonchev–Trinajstić information content (AvgIpc) is 2.81. The molecule has 3 heteroatoms. The first-order chi connectivity index (χ1) is 9.41. The predicted octanol–water partition coefficient (Wildman–Crippen LogP) is 4.43. The van der Waals surface area contributed by atoms with Crippen LogP contribution in [0.1, 0.15) is 42.9 Å². The number of aryl methyl sites for hydroxylation is 1. The number of benzene rings is 1. The van der Waals surface area contributed by atoms with E-state index < -0.39 is 0 Å². The summed E-state index contributed by atoms with van der Waals surface area (Å²) in [6.45, 7) is 9.20. The minimum Gasteiger partial charge on any atom is -0.484 e. The van der Waals surface area contributed by atoms with Crippen LogP contribution in [0.25, 0.3) is 0 Å². The van der Waals surface area contributed by atoms with Crippen molar-refractivity contribution in [1.82, 2.24) is 0 Å². The van der Waals surface area contributed by atoms with Crippen molar-refractivity contribution in [3.05, 3.63) is 51.7 Å². The molecule has 0 aliphatic heterocycles. The standard InChI is InChI=1S/C17H23NOS/c1-12-8-9-20-16(12)15(11-18)19-14-7-5-6-13(10-14)17(2,3)4/h5-10,15H,11,18H2,1-4H3. The van der Waals surface area contributed by atoms with Crippen molar-refractivity contribution in [2.75, 3.05) is 6.54 Å². The van der Waals surface area contributed by atoms with E-state index in [1.54, 1.807) is 11.3 Å². The van der Waals surface area contributed by atoms with Gasteiger partial charge in [-0.15, -0.1) is 11.3 Å². The fourth-order valence-corrected chi connectivity index (χ4v) is 3.09. The number of nitrogens with two attached hydrogens (primary N) is 1. The lowest BCUT2D eigenvalue weighted by molar-refractivity contribution is 0.217. The van der Waals surface area contributed by atoms with Crippen LogP contribution in [0.2, 0.25) is 0 Å². The fourth-order valence-electron chi connectivity index (χ4n) is 2.12. The van der Waals surface area contributed by atoms with Crippen molar-refractivity contribution in [2.45, 2.75) is 39.2 Å². The highest BCUT2D eigenvalue weighted by atomic mass is 32.1. The summed E-state index contributed by atoms with van der Waals surface area (Å²) in [4.78, 5) is 1.22.